The second kappa shape index (κ2) is 7.96. The maximum absolute atomic E-state index is 12.1. The van der Waals surface area contributed by atoms with Gasteiger partial charge in [0.15, 0.2) is 18.6 Å². The van der Waals surface area contributed by atoms with Crippen LogP contribution in [0.5, 0.6) is 11.5 Å². The number of aromatic nitrogens is 1. The normalized spacial score (nSPS) is 10.5. The molecule has 0 saturated carbocycles. The number of ether oxygens (including phenoxy) is 3. The van der Waals surface area contributed by atoms with Gasteiger partial charge in [0.1, 0.15) is 17.0 Å². The Morgan fingerprint density at radius 1 is 1.15 bits per heavy atom. The summed E-state index contributed by atoms with van der Waals surface area (Å²) >= 11 is 6.06. The van der Waals surface area contributed by atoms with Crippen molar-refractivity contribution in [3.8, 4) is 11.5 Å². The fourth-order valence-electron chi connectivity index (χ4n) is 2.34. The zero-order valence-electron chi connectivity index (χ0n) is 14.4. The predicted octanol–water partition coefficient (Wildman–Crippen LogP) is 3.29. The molecule has 0 fully saturated rings. The lowest BCUT2D eigenvalue weighted by Crippen LogP contribution is -2.21. The van der Waals surface area contributed by atoms with Gasteiger partial charge in [-0.05, 0) is 24.3 Å². The number of hydrogen-bond donors (Lipinski definition) is 1. The van der Waals surface area contributed by atoms with E-state index < -0.39 is 18.5 Å². The number of amides is 1. The highest BCUT2D eigenvalue weighted by Gasteiger charge is 2.15. The highest BCUT2D eigenvalue weighted by Crippen LogP contribution is 2.35. The molecule has 3 aromatic rings. The zero-order valence-corrected chi connectivity index (χ0v) is 15.2. The monoisotopic (exact) mass is 390 g/mol. The van der Waals surface area contributed by atoms with Crippen LogP contribution in [0.3, 0.4) is 0 Å². The van der Waals surface area contributed by atoms with Crippen LogP contribution in [0.15, 0.2) is 41.1 Å². The average Bonchev–Trinajstić information content (AvgIpc) is 3.14. The molecule has 8 nitrogen and oxygen atoms in total. The molecule has 0 atom stereocenters. The van der Waals surface area contributed by atoms with E-state index in [2.05, 4.69) is 10.3 Å². The van der Waals surface area contributed by atoms with Crippen molar-refractivity contribution in [2.75, 3.05) is 26.1 Å². The van der Waals surface area contributed by atoms with Gasteiger partial charge in [-0.2, -0.15) is 0 Å². The third kappa shape index (κ3) is 4.12. The number of nitrogens with zero attached hydrogens (tertiary/aromatic N) is 1. The number of anilines is 1. The van der Waals surface area contributed by atoms with Crippen LogP contribution >= 0.6 is 11.6 Å². The molecule has 0 radical (unpaired) electrons. The minimum atomic E-state index is -0.658. The summed E-state index contributed by atoms with van der Waals surface area (Å²) in [5.74, 6) is -0.450. The van der Waals surface area contributed by atoms with Crippen molar-refractivity contribution >= 4 is 40.3 Å². The zero-order chi connectivity index (χ0) is 19.4. The molecule has 1 amide bonds. The highest BCUT2D eigenvalue weighted by molar-refractivity contribution is 6.32. The number of benzene rings is 2. The van der Waals surface area contributed by atoms with Crippen molar-refractivity contribution in [1.29, 1.82) is 0 Å². The molecule has 0 bridgehead atoms. The molecule has 0 aliphatic heterocycles. The maximum atomic E-state index is 12.1. The van der Waals surface area contributed by atoms with E-state index in [0.29, 0.717) is 33.3 Å². The Morgan fingerprint density at radius 2 is 1.93 bits per heavy atom. The summed E-state index contributed by atoms with van der Waals surface area (Å²) in [4.78, 5) is 28.2. The van der Waals surface area contributed by atoms with Crippen molar-refractivity contribution in [3.63, 3.8) is 0 Å². The Morgan fingerprint density at radius 3 is 2.67 bits per heavy atom. The third-order valence-electron chi connectivity index (χ3n) is 3.65. The van der Waals surface area contributed by atoms with Gasteiger partial charge in [0, 0.05) is 6.07 Å². The van der Waals surface area contributed by atoms with Crippen LogP contribution < -0.4 is 14.8 Å². The van der Waals surface area contributed by atoms with Gasteiger partial charge in [0.25, 0.3) is 5.91 Å². The SMILES string of the molecule is COc1cc(OC)c(NC(=O)COC(=O)c2ccc3ocnc3c2)cc1Cl. The van der Waals surface area contributed by atoms with Crippen molar-refractivity contribution in [2.24, 2.45) is 0 Å². The molecule has 0 unspecified atom stereocenters. The summed E-state index contributed by atoms with van der Waals surface area (Å²) in [6.45, 7) is -0.484. The van der Waals surface area contributed by atoms with Crippen LogP contribution in [0.25, 0.3) is 11.1 Å². The summed E-state index contributed by atoms with van der Waals surface area (Å²) < 4.78 is 20.4. The lowest BCUT2D eigenvalue weighted by atomic mass is 10.2. The maximum Gasteiger partial charge on any atom is 0.338 e. The highest BCUT2D eigenvalue weighted by atomic mass is 35.5. The number of carbonyl (C=O) groups is 2. The van der Waals surface area contributed by atoms with Gasteiger partial charge in [0.05, 0.1) is 30.5 Å². The molecule has 27 heavy (non-hydrogen) atoms. The van der Waals surface area contributed by atoms with E-state index in [9.17, 15) is 9.59 Å². The van der Waals surface area contributed by atoms with E-state index in [1.165, 1.54) is 44.9 Å². The first-order valence-corrected chi connectivity index (χ1v) is 8.11. The topological polar surface area (TPSA) is 99.9 Å². The van der Waals surface area contributed by atoms with E-state index in [4.69, 9.17) is 30.2 Å². The van der Waals surface area contributed by atoms with E-state index in [-0.39, 0.29) is 5.56 Å². The molecule has 0 aliphatic carbocycles. The van der Waals surface area contributed by atoms with Gasteiger partial charge in [0.2, 0.25) is 0 Å². The molecule has 1 N–H and O–H groups in total. The smallest absolute Gasteiger partial charge is 0.338 e. The lowest BCUT2D eigenvalue weighted by molar-refractivity contribution is -0.119. The van der Waals surface area contributed by atoms with Crippen molar-refractivity contribution < 1.29 is 28.2 Å². The van der Waals surface area contributed by atoms with Gasteiger partial charge in [-0.1, -0.05) is 11.6 Å². The standard InChI is InChI=1S/C18H15ClN2O6/c1-24-15-7-16(25-2)13(6-11(15)19)21-17(22)8-26-18(23)10-3-4-14-12(5-10)20-9-27-14/h3-7,9H,8H2,1-2H3,(H,21,22). The second-order valence-corrected chi connectivity index (χ2v) is 5.75. The van der Waals surface area contributed by atoms with Crippen LogP contribution in [0.4, 0.5) is 5.69 Å². The number of fused-ring (bicyclic) bond motifs is 1. The number of rotatable bonds is 6. The first-order valence-electron chi connectivity index (χ1n) is 7.73. The number of oxazole rings is 1. The van der Waals surface area contributed by atoms with Crippen molar-refractivity contribution in [2.45, 2.75) is 0 Å². The summed E-state index contributed by atoms with van der Waals surface area (Å²) in [6, 6.07) is 7.67. The number of halogens is 1. The molecule has 140 valence electrons. The van der Waals surface area contributed by atoms with E-state index in [1.54, 1.807) is 6.07 Å². The van der Waals surface area contributed by atoms with Gasteiger partial charge >= 0.3 is 5.97 Å². The molecule has 0 saturated heterocycles. The second-order valence-electron chi connectivity index (χ2n) is 5.35. The molecule has 0 aliphatic rings. The van der Waals surface area contributed by atoms with Crippen molar-refractivity contribution in [3.05, 3.63) is 47.3 Å². The summed E-state index contributed by atoms with van der Waals surface area (Å²) in [6.07, 6.45) is 1.28. The Bertz CT molecular complexity index is 1000. The predicted molar refractivity (Wildman–Crippen MR) is 97.5 cm³/mol. The molecule has 1 aromatic heterocycles. The Hall–Kier alpha value is -3.26. The van der Waals surface area contributed by atoms with Crippen LogP contribution in [0.1, 0.15) is 10.4 Å². The lowest BCUT2D eigenvalue weighted by Gasteiger charge is -2.13. The number of nitrogens with one attached hydrogen (secondary N) is 1. The van der Waals surface area contributed by atoms with Gasteiger partial charge < -0.3 is 23.9 Å². The molecule has 9 heteroatoms. The minimum Gasteiger partial charge on any atom is -0.495 e. The Balaban J connectivity index is 1.64. The quantitative estimate of drug-likeness (QED) is 0.644. The molecule has 0 spiro atoms. The molecule has 2 aromatic carbocycles. The van der Waals surface area contributed by atoms with Gasteiger partial charge in [-0.3, -0.25) is 4.79 Å². The molecular formula is C18H15ClN2O6. The van der Waals surface area contributed by atoms with E-state index in [0.717, 1.165) is 0 Å². The Kier molecular flexibility index (Phi) is 5.46. The minimum absolute atomic E-state index is 0.259. The van der Waals surface area contributed by atoms with Crippen LogP contribution in [0.2, 0.25) is 5.02 Å². The van der Waals surface area contributed by atoms with E-state index >= 15 is 0 Å². The number of esters is 1. The summed E-state index contributed by atoms with van der Waals surface area (Å²) in [5, 5.41) is 2.88. The fourth-order valence-corrected chi connectivity index (χ4v) is 2.58. The van der Waals surface area contributed by atoms with Crippen LogP contribution in [-0.4, -0.2) is 37.7 Å². The van der Waals surface area contributed by atoms with Crippen LogP contribution in [-0.2, 0) is 9.53 Å². The molecule has 3 rings (SSSR count). The average molecular weight is 391 g/mol. The fraction of sp³-hybridized carbons (Fsp3) is 0.167. The number of carbonyl (C=O) groups excluding carboxylic acids is 2. The first-order chi connectivity index (χ1) is 13.0. The van der Waals surface area contributed by atoms with Crippen molar-refractivity contribution in [1.82, 2.24) is 4.98 Å². The first kappa shape index (κ1) is 18.5. The summed E-state index contributed by atoms with van der Waals surface area (Å²) in [5.41, 5.74) is 1.65. The molecular weight excluding hydrogens is 376 g/mol. The number of hydrogen-bond acceptors (Lipinski definition) is 7. The van der Waals surface area contributed by atoms with Gasteiger partial charge in [-0.15, -0.1) is 0 Å². The van der Waals surface area contributed by atoms with Crippen LogP contribution in [0, 0.1) is 0 Å². The largest absolute Gasteiger partial charge is 0.495 e. The van der Waals surface area contributed by atoms with E-state index in [1.807, 2.05) is 0 Å². The van der Waals surface area contributed by atoms with Gasteiger partial charge in [-0.25, -0.2) is 9.78 Å². The third-order valence-corrected chi connectivity index (χ3v) is 3.94. The summed E-state index contributed by atoms with van der Waals surface area (Å²) in [7, 11) is 2.91. The Labute approximate surface area is 159 Å². The molecule has 1 heterocycles. The number of methoxy groups -OCH3 is 2.